The normalized spacial score (nSPS) is 16.3. The van der Waals surface area contributed by atoms with Gasteiger partial charge >= 0.3 is 5.97 Å². The molecule has 0 atom stereocenters. The van der Waals surface area contributed by atoms with Crippen LogP contribution in [0.2, 0.25) is 5.02 Å². The molecule has 0 aromatic heterocycles. The van der Waals surface area contributed by atoms with Gasteiger partial charge in [-0.2, -0.15) is 0 Å². The second-order valence-electron chi connectivity index (χ2n) is 5.00. The molecular weight excluding hydrogens is 282 g/mol. The Morgan fingerprint density at radius 3 is 2.60 bits per heavy atom. The topological polar surface area (TPSA) is 75.6 Å². The van der Waals surface area contributed by atoms with E-state index in [1.165, 1.54) is 18.2 Å². The molecule has 0 aliphatic heterocycles. The minimum Gasteiger partial charge on any atom is -0.478 e. The lowest BCUT2D eigenvalue weighted by Gasteiger charge is -2.39. The number of benzene rings is 1. The number of carbonyl (C=O) groups excluding carboxylic acids is 1. The SMILES string of the molecule is COC1(CC(=O)Nc2cc(Cl)cc(C(=O)O)c2)CCC1. The molecule has 0 saturated heterocycles. The molecule has 1 aromatic rings. The molecule has 2 rings (SSSR count). The Balaban J connectivity index is 2.06. The Morgan fingerprint density at radius 1 is 1.40 bits per heavy atom. The molecule has 6 heteroatoms. The van der Waals surface area contributed by atoms with E-state index in [0.29, 0.717) is 5.69 Å². The number of rotatable bonds is 5. The summed E-state index contributed by atoms with van der Waals surface area (Å²) in [5.41, 5.74) is 0.0570. The zero-order valence-corrected chi connectivity index (χ0v) is 11.9. The highest BCUT2D eigenvalue weighted by Crippen LogP contribution is 2.38. The van der Waals surface area contributed by atoms with Crippen LogP contribution in [0.25, 0.3) is 0 Å². The van der Waals surface area contributed by atoms with E-state index < -0.39 is 5.97 Å². The number of ether oxygens (including phenoxy) is 1. The quantitative estimate of drug-likeness (QED) is 0.876. The van der Waals surface area contributed by atoms with Crippen molar-refractivity contribution >= 4 is 29.2 Å². The van der Waals surface area contributed by atoms with Gasteiger partial charge in [0.1, 0.15) is 0 Å². The maximum atomic E-state index is 12.0. The molecule has 1 aliphatic carbocycles. The van der Waals surface area contributed by atoms with Crippen molar-refractivity contribution < 1.29 is 19.4 Å². The van der Waals surface area contributed by atoms with Crippen LogP contribution < -0.4 is 5.32 Å². The minimum atomic E-state index is -1.09. The first-order valence-corrected chi connectivity index (χ1v) is 6.71. The van der Waals surface area contributed by atoms with Gasteiger partial charge in [-0.15, -0.1) is 0 Å². The summed E-state index contributed by atoms with van der Waals surface area (Å²) in [6.07, 6.45) is 3.06. The number of anilines is 1. The van der Waals surface area contributed by atoms with E-state index in [2.05, 4.69) is 5.32 Å². The first-order chi connectivity index (χ1) is 9.44. The van der Waals surface area contributed by atoms with Gasteiger partial charge in [-0.1, -0.05) is 11.6 Å². The molecule has 108 valence electrons. The highest BCUT2D eigenvalue weighted by atomic mass is 35.5. The number of halogens is 1. The Kier molecular flexibility index (Phi) is 4.30. The largest absolute Gasteiger partial charge is 0.478 e. The van der Waals surface area contributed by atoms with E-state index >= 15 is 0 Å². The molecule has 0 unspecified atom stereocenters. The first-order valence-electron chi connectivity index (χ1n) is 6.33. The van der Waals surface area contributed by atoms with E-state index in [9.17, 15) is 9.59 Å². The number of carboxylic acids is 1. The van der Waals surface area contributed by atoms with Crippen LogP contribution in [0.5, 0.6) is 0 Å². The summed E-state index contributed by atoms with van der Waals surface area (Å²) in [6.45, 7) is 0. The van der Waals surface area contributed by atoms with Gasteiger partial charge in [-0.3, -0.25) is 4.79 Å². The van der Waals surface area contributed by atoms with E-state index in [1.807, 2.05) is 0 Å². The first kappa shape index (κ1) is 14.8. The minimum absolute atomic E-state index is 0.0397. The van der Waals surface area contributed by atoms with Gasteiger partial charge in [-0.05, 0) is 37.5 Å². The van der Waals surface area contributed by atoms with Gasteiger partial charge in [0, 0.05) is 17.8 Å². The second-order valence-corrected chi connectivity index (χ2v) is 5.44. The summed E-state index contributed by atoms with van der Waals surface area (Å²) < 4.78 is 5.39. The molecule has 1 saturated carbocycles. The maximum absolute atomic E-state index is 12.0. The van der Waals surface area contributed by atoms with E-state index in [1.54, 1.807) is 7.11 Å². The molecule has 0 heterocycles. The lowest BCUT2D eigenvalue weighted by molar-refractivity contribution is -0.129. The van der Waals surface area contributed by atoms with Gasteiger partial charge in [0.15, 0.2) is 0 Å². The lowest BCUT2D eigenvalue weighted by atomic mass is 9.77. The summed E-state index contributed by atoms with van der Waals surface area (Å²) >= 11 is 5.84. The summed E-state index contributed by atoms with van der Waals surface area (Å²) in [5, 5.41) is 11.9. The van der Waals surface area contributed by atoms with Gasteiger partial charge in [0.05, 0.1) is 17.6 Å². The number of aromatic carboxylic acids is 1. The van der Waals surface area contributed by atoms with Gasteiger partial charge in [-0.25, -0.2) is 4.79 Å². The van der Waals surface area contributed by atoms with Crippen molar-refractivity contribution in [1.29, 1.82) is 0 Å². The fraction of sp³-hybridized carbons (Fsp3) is 0.429. The summed E-state index contributed by atoms with van der Waals surface area (Å²) in [5.74, 6) is -1.29. The summed E-state index contributed by atoms with van der Waals surface area (Å²) in [7, 11) is 1.61. The third-order valence-electron chi connectivity index (χ3n) is 3.61. The molecule has 1 amide bonds. The van der Waals surface area contributed by atoms with E-state index in [0.717, 1.165) is 19.3 Å². The predicted octanol–water partition coefficient (Wildman–Crippen LogP) is 2.94. The number of amides is 1. The van der Waals surface area contributed by atoms with Crippen LogP contribution in [0, 0.1) is 0 Å². The van der Waals surface area contributed by atoms with Gasteiger partial charge in [0.25, 0.3) is 0 Å². The second kappa shape index (κ2) is 5.81. The van der Waals surface area contributed by atoms with Crippen LogP contribution in [0.3, 0.4) is 0 Å². The van der Waals surface area contributed by atoms with Crippen molar-refractivity contribution in [1.82, 2.24) is 0 Å². The smallest absolute Gasteiger partial charge is 0.335 e. The number of methoxy groups -OCH3 is 1. The molecule has 5 nitrogen and oxygen atoms in total. The molecule has 1 fully saturated rings. The fourth-order valence-electron chi connectivity index (χ4n) is 2.31. The maximum Gasteiger partial charge on any atom is 0.335 e. The molecule has 0 radical (unpaired) electrons. The molecular formula is C14H16ClNO4. The van der Waals surface area contributed by atoms with Crippen molar-refractivity contribution in [2.45, 2.75) is 31.3 Å². The third kappa shape index (κ3) is 3.29. The number of carboxylic acid groups (broad SMARTS) is 1. The highest BCUT2D eigenvalue weighted by Gasteiger charge is 2.38. The molecule has 0 spiro atoms. The highest BCUT2D eigenvalue weighted by molar-refractivity contribution is 6.31. The van der Waals surface area contributed by atoms with Crippen LogP contribution in [0.15, 0.2) is 18.2 Å². The van der Waals surface area contributed by atoms with Crippen molar-refractivity contribution in [3.63, 3.8) is 0 Å². The predicted molar refractivity (Wildman–Crippen MR) is 75.2 cm³/mol. The summed E-state index contributed by atoms with van der Waals surface area (Å²) in [4.78, 5) is 22.9. The molecule has 1 aliphatic rings. The van der Waals surface area contributed by atoms with Crippen molar-refractivity contribution in [2.75, 3.05) is 12.4 Å². The van der Waals surface area contributed by atoms with Crippen LogP contribution >= 0.6 is 11.6 Å². The zero-order chi connectivity index (χ0) is 14.8. The average Bonchev–Trinajstić information content (AvgIpc) is 2.33. The molecule has 20 heavy (non-hydrogen) atoms. The Bertz CT molecular complexity index is 534. The Labute approximate surface area is 121 Å². The van der Waals surface area contributed by atoms with Crippen LogP contribution in [-0.4, -0.2) is 29.7 Å². The van der Waals surface area contributed by atoms with Gasteiger partial charge < -0.3 is 15.2 Å². The van der Waals surface area contributed by atoms with Crippen LogP contribution in [-0.2, 0) is 9.53 Å². The molecule has 2 N–H and O–H groups in total. The Morgan fingerprint density at radius 2 is 2.10 bits per heavy atom. The monoisotopic (exact) mass is 297 g/mol. The molecule has 1 aromatic carbocycles. The standard InChI is InChI=1S/C14H16ClNO4/c1-20-14(3-2-4-14)8-12(17)16-11-6-9(13(18)19)5-10(15)7-11/h5-7H,2-4,8H2,1H3,(H,16,17)(H,18,19). The number of hydrogen-bond acceptors (Lipinski definition) is 3. The van der Waals surface area contributed by atoms with Crippen molar-refractivity contribution in [3.05, 3.63) is 28.8 Å². The molecule has 0 bridgehead atoms. The van der Waals surface area contributed by atoms with Crippen molar-refractivity contribution in [3.8, 4) is 0 Å². The van der Waals surface area contributed by atoms with Gasteiger partial charge in [0.2, 0.25) is 5.91 Å². The lowest BCUT2D eigenvalue weighted by Crippen LogP contribution is -2.42. The fourth-order valence-corrected chi connectivity index (χ4v) is 2.54. The van der Waals surface area contributed by atoms with E-state index in [4.69, 9.17) is 21.4 Å². The summed E-state index contributed by atoms with van der Waals surface area (Å²) in [6, 6.07) is 4.24. The number of hydrogen-bond donors (Lipinski definition) is 2. The number of nitrogens with one attached hydrogen (secondary N) is 1. The number of carbonyl (C=O) groups is 2. The van der Waals surface area contributed by atoms with Crippen LogP contribution in [0.1, 0.15) is 36.0 Å². The van der Waals surface area contributed by atoms with Crippen molar-refractivity contribution in [2.24, 2.45) is 0 Å². The zero-order valence-electron chi connectivity index (χ0n) is 11.1. The van der Waals surface area contributed by atoms with Crippen LogP contribution in [0.4, 0.5) is 5.69 Å². The third-order valence-corrected chi connectivity index (χ3v) is 3.83. The Hall–Kier alpha value is -1.59. The van der Waals surface area contributed by atoms with E-state index in [-0.39, 0.29) is 28.5 Å². The average molecular weight is 298 g/mol.